The van der Waals surface area contributed by atoms with Gasteiger partial charge in [0.05, 0.1) is 6.54 Å². The van der Waals surface area contributed by atoms with E-state index in [1.807, 2.05) is 0 Å². The lowest BCUT2D eigenvalue weighted by Gasteiger charge is -2.36. The van der Waals surface area contributed by atoms with Crippen molar-refractivity contribution in [2.45, 2.75) is 45.1 Å². The molecule has 1 amide bonds. The van der Waals surface area contributed by atoms with Crippen LogP contribution < -0.4 is 5.73 Å². The lowest BCUT2D eigenvalue weighted by molar-refractivity contribution is -0.136. The molecular formula is C14H28ClN3O. The average molecular weight is 290 g/mol. The maximum absolute atomic E-state index is 12.3. The van der Waals surface area contributed by atoms with Crippen LogP contribution in [0.2, 0.25) is 0 Å². The smallest absolute Gasteiger partial charge is 0.236 e. The summed E-state index contributed by atoms with van der Waals surface area (Å²) in [5.74, 6) is 0.999. The zero-order valence-electron chi connectivity index (χ0n) is 12.0. The van der Waals surface area contributed by atoms with Gasteiger partial charge in [0, 0.05) is 12.6 Å². The first kappa shape index (κ1) is 16.7. The highest BCUT2D eigenvalue weighted by molar-refractivity contribution is 5.85. The maximum Gasteiger partial charge on any atom is 0.236 e. The van der Waals surface area contributed by atoms with Gasteiger partial charge in [0.15, 0.2) is 0 Å². The number of likely N-dealkylation sites (tertiary alicyclic amines) is 2. The van der Waals surface area contributed by atoms with E-state index in [1.54, 1.807) is 0 Å². The summed E-state index contributed by atoms with van der Waals surface area (Å²) in [7, 11) is 0. The Labute approximate surface area is 123 Å². The van der Waals surface area contributed by atoms with Crippen molar-refractivity contribution >= 4 is 18.3 Å². The summed E-state index contributed by atoms with van der Waals surface area (Å²) < 4.78 is 0. The van der Waals surface area contributed by atoms with E-state index in [0.29, 0.717) is 24.4 Å². The van der Waals surface area contributed by atoms with Crippen molar-refractivity contribution in [3.05, 3.63) is 0 Å². The lowest BCUT2D eigenvalue weighted by atomic mass is 9.97. The van der Waals surface area contributed by atoms with Crippen molar-refractivity contribution in [1.82, 2.24) is 9.80 Å². The van der Waals surface area contributed by atoms with Crippen molar-refractivity contribution in [2.24, 2.45) is 11.7 Å². The molecule has 19 heavy (non-hydrogen) atoms. The summed E-state index contributed by atoms with van der Waals surface area (Å²) in [4.78, 5) is 16.7. The monoisotopic (exact) mass is 289 g/mol. The van der Waals surface area contributed by atoms with Crippen LogP contribution >= 0.6 is 12.4 Å². The third kappa shape index (κ3) is 4.62. The molecule has 2 saturated heterocycles. The number of rotatable bonds is 3. The largest absolute Gasteiger partial charge is 0.339 e. The molecule has 5 heteroatoms. The fourth-order valence-electron chi connectivity index (χ4n) is 3.13. The van der Waals surface area contributed by atoms with Gasteiger partial charge in [0.2, 0.25) is 5.91 Å². The molecule has 0 bridgehead atoms. The van der Waals surface area contributed by atoms with Crippen molar-refractivity contribution < 1.29 is 4.79 Å². The predicted octanol–water partition coefficient (Wildman–Crippen LogP) is 1.48. The minimum absolute atomic E-state index is 0. The zero-order valence-corrected chi connectivity index (χ0v) is 12.8. The summed E-state index contributed by atoms with van der Waals surface area (Å²) in [5.41, 5.74) is 5.69. The molecule has 2 aliphatic rings. The van der Waals surface area contributed by atoms with E-state index in [0.717, 1.165) is 39.0 Å². The molecule has 2 fully saturated rings. The number of piperidine rings is 2. The van der Waals surface area contributed by atoms with Crippen LogP contribution in [0.1, 0.15) is 39.0 Å². The standard InChI is InChI=1S/C14H27N3O.ClH/c1-12-4-2-3-7-17(12)14(18)11-16-8-5-13(10-15)6-9-16;/h12-13H,2-11,15H2,1H3;1H. The van der Waals surface area contributed by atoms with Gasteiger partial charge in [-0.2, -0.15) is 0 Å². The Morgan fingerprint density at radius 1 is 1.16 bits per heavy atom. The molecule has 112 valence electrons. The van der Waals surface area contributed by atoms with Gasteiger partial charge in [-0.05, 0) is 64.6 Å². The normalized spacial score (nSPS) is 26.0. The number of nitrogens with two attached hydrogens (primary N) is 1. The van der Waals surface area contributed by atoms with E-state index in [1.165, 1.54) is 19.3 Å². The van der Waals surface area contributed by atoms with E-state index >= 15 is 0 Å². The van der Waals surface area contributed by atoms with E-state index in [9.17, 15) is 4.79 Å². The van der Waals surface area contributed by atoms with Gasteiger partial charge in [0.1, 0.15) is 0 Å². The number of nitrogens with zero attached hydrogens (tertiary/aromatic N) is 2. The van der Waals surface area contributed by atoms with Crippen LogP contribution in [0.25, 0.3) is 0 Å². The second-order valence-electron chi connectivity index (χ2n) is 5.89. The fraction of sp³-hybridized carbons (Fsp3) is 0.929. The molecule has 4 nitrogen and oxygen atoms in total. The van der Waals surface area contributed by atoms with Gasteiger partial charge in [0.25, 0.3) is 0 Å². The Morgan fingerprint density at radius 2 is 1.84 bits per heavy atom. The van der Waals surface area contributed by atoms with Crippen molar-refractivity contribution in [2.75, 3.05) is 32.7 Å². The van der Waals surface area contributed by atoms with Crippen molar-refractivity contribution in [1.29, 1.82) is 0 Å². The van der Waals surface area contributed by atoms with Crippen LogP contribution in [-0.4, -0.2) is 54.5 Å². The topological polar surface area (TPSA) is 49.6 Å². The second kappa shape index (κ2) is 8.08. The number of hydrogen-bond acceptors (Lipinski definition) is 3. The molecular weight excluding hydrogens is 262 g/mol. The number of halogens is 1. The maximum atomic E-state index is 12.3. The Morgan fingerprint density at radius 3 is 2.42 bits per heavy atom. The molecule has 1 atom stereocenters. The van der Waals surface area contributed by atoms with Gasteiger partial charge < -0.3 is 10.6 Å². The molecule has 0 aliphatic carbocycles. The third-order valence-electron chi connectivity index (χ3n) is 4.52. The van der Waals surface area contributed by atoms with Crippen LogP contribution in [0, 0.1) is 5.92 Å². The number of carbonyl (C=O) groups excluding carboxylic acids is 1. The van der Waals surface area contributed by atoms with Gasteiger partial charge >= 0.3 is 0 Å². The van der Waals surface area contributed by atoms with E-state index in [-0.39, 0.29) is 12.4 Å². The minimum atomic E-state index is 0. The Kier molecular flexibility index (Phi) is 7.11. The van der Waals surface area contributed by atoms with Crippen LogP contribution in [0.15, 0.2) is 0 Å². The quantitative estimate of drug-likeness (QED) is 0.856. The SMILES string of the molecule is CC1CCCCN1C(=O)CN1CCC(CN)CC1.Cl. The van der Waals surface area contributed by atoms with Crippen LogP contribution in [0.3, 0.4) is 0 Å². The summed E-state index contributed by atoms with van der Waals surface area (Å²) in [6, 6.07) is 0.438. The fourth-order valence-corrected chi connectivity index (χ4v) is 3.13. The van der Waals surface area contributed by atoms with Crippen LogP contribution in [-0.2, 0) is 4.79 Å². The highest BCUT2D eigenvalue weighted by Crippen LogP contribution is 2.19. The lowest BCUT2D eigenvalue weighted by Crippen LogP contribution is -2.48. The molecule has 2 aliphatic heterocycles. The number of amides is 1. The molecule has 2 heterocycles. The summed E-state index contributed by atoms with van der Waals surface area (Å²) in [6.45, 7) is 6.62. The first-order valence-corrected chi connectivity index (χ1v) is 7.42. The molecule has 0 spiro atoms. The first-order valence-electron chi connectivity index (χ1n) is 7.42. The molecule has 0 aromatic carbocycles. The Bertz CT molecular complexity index is 280. The first-order chi connectivity index (χ1) is 8.70. The molecule has 1 unspecified atom stereocenters. The van der Waals surface area contributed by atoms with Gasteiger partial charge in [-0.15, -0.1) is 12.4 Å². The van der Waals surface area contributed by atoms with Gasteiger partial charge in [-0.25, -0.2) is 0 Å². The molecule has 2 N–H and O–H groups in total. The third-order valence-corrected chi connectivity index (χ3v) is 4.52. The van der Waals surface area contributed by atoms with Crippen LogP contribution in [0.4, 0.5) is 0 Å². The highest BCUT2D eigenvalue weighted by atomic mass is 35.5. The van der Waals surface area contributed by atoms with E-state index < -0.39 is 0 Å². The van der Waals surface area contributed by atoms with Crippen molar-refractivity contribution in [3.63, 3.8) is 0 Å². The van der Waals surface area contributed by atoms with Crippen LogP contribution in [0.5, 0.6) is 0 Å². The molecule has 0 radical (unpaired) electrons. The second-order valence-corrected chi connectivity index (χ2v) is 5.89. The minimum Gasteiger partial charge on any atom is -0.339 e. The molecule has 0 saturated carbocycles. The predicted molar refractivity (Wildman–Crippen MR) is 80.5 cm³/mol. The Balaban J connectivity index is 0.00000180. The summed E-state index contributed by atoms with van der Waals surface area (Å²) in [6.07, 6.45) is 5.91. The number of hydrogen-bond donors (Lipinski definition) is 1. The van der Waals surface area contributed by atoms with E-state index in [2.05, 4.69) is 16.7 Å². The molecule has 2 rings (SSSR count). The van der Waals surface area contributed by atoms with Gasteiger partial charge in [-0.3, -0.25) is 9.69 Å². The van der Waals surface area contributed by atoms with Gasteiger partial charge in [-0.1, -0.05) is 0 Å². The molecule has 0 aromatic rings. The van der Waals surface area contributed by atoms with E-state index in [4.69, 9.17) is 5.73 Å². The Hall–Kier alpha value is -0.320. The number of carbonyl (C=O) groups is 1. The zero-order chi connectivity index (χ0) is 13.0. The average Bonchev–Trinajstić information content (AvgIpc) is 2.40. The highest BCUT2D eigenvalue weighted by Gasteiger charge is 2.26. The summed E-state index contributed by atoms with van der Waals surface area (Å²) >= 11 is 0. The van der Waals surface area contributed by atoms with Crippen molar-refractivity contribution in [3.8, 4) is 0 Å². The summed E-state index contributed by atoms with van der Waals surface area (Å²) in [5, 5.41) is 0. The molecule has 0 aromatic heterocycles.